The summed E-state index contributed by atoms with van der Waals surface area (Å²) >= 11 is 0. The van der Waals surface area contributed by atoms with Gasteiger partial charge in [0.2, 0.25) is 0 Å². The van der Waals surface area contributed by atoms with Crippen LogP contribution in [0.15, 0.2) is 0 Å². The van der Waals surface area contributed by atoms with E-state index in [0.717, 1.165) is 19.4 Å². The SMILES string of the molecule is CN(CC(C#N)C(F)(F)F)C1CCCNC1. The van der Waals surface area contributed by atoms with Crippen LogP contribution in [-0.2, 0) is 0 Å². The molecule has 1 heterocycles. The first-order valence-electron chi connectivity index (χ1n) is 5.32. The minimum absolute atomic E-state index is 0.104. The van der Waals surface area contributed by atoms with Crippen molar-refractivity contribution in [3.63, 3.8) is 0 Å². The van der Waals surface area contributed by atoms with Gasteiger partial charge in [-0.2, -0.15) is 18.4 Å². The van der Waals surface area contributed by atoms with E-state index in [1.807, 2.05) is 0 Å². The highest BCUT2D eigenvalue weighted by molar-refractivity contribution is 4.91. The summed E-state index contributed by atoms with van der Waals surface area (Å²) in [6.45, 7) is 1.38. The van der Waals surface area contributed by atoms with E-state index in [4.69, 9.17) is 5.26 Å². The Morgan fingerprint density at radius 3 is 2.69 bits per heavy atom. The fourth-order valence-corrected chi connectivity index (χ4v) is 1.86. The Kier molecular flexibility index (Phi) is 4.56. The molecule has 0 aliphatic carbocycles. The zero-order valence-electron chi connectivity index (χ0n) is 9.22. The predicted molar refractivity (Wildman–Crippen MR) is 53.7 cm³/mol. The van der Waals surface area contributed by atoms with E-state index >= 15 is 0 Å². The third-order valence-electron chi connectivity index (χ3n) is 2.92. The van der Waals surface area contributed by atoms with Crippen LogP contribution in [0.4, 0.5) is 13.2 Å². The topological polar surface area (TPSA) is 39.1 Å². The molecule has 0 spiro atoms. The predicted octanol–water partition coefficient (Wildman–Crippen LogP) is 1.37. The van der Waals surface area contributed by atoms with Crippen molar-refractivity contribution in [2.24, 2.45) is 5.92 Å². The Hall–Kier alpha value is -0.800. The second-order valence-electron chi connectivity index (χ2n) is 4.16. The van der Waals surface area contributed by atoms with E-state index in [9.17, 15) is 13.2 Å². The first-order chi connectivity index (χ1) is 7.45. The summed E-state index contributed by atoms with van der Waals surface area (Å²) in [4.78, 5) is 1.63. The van der Waals surface area contributed by atoms with Crippen LogP contribution in [0.1, 0.15) is 12.8 Å². The van der Waals surface area contributed by atoms with Crippen LogP contribution < -0.4 is 5.32 Å². The zero-order chi connectivity index (χ0) is 12.2. The Morgan fingerprint density at radius 2 is 2.25 bits per heavy atom. The third kappa shape index (κ3) is 3.65. The first-order valence-corrected chi connectivity index (χ1v) is 5.32. The molecule has 16 heavy (non-hydrogen) atoms. The van der Waals surface area contributed by atoms with Gasteiger partial charge in [0.05, 0.1) is 6.07 Å². The number of halogens is 3. The maximum absolute atomic E-state index is 12.4. The molecule has 6 heteroatoms. The standard InChI is InChI=1S/C10H16F3N3/c1-16(9-3-2-4-15-6-9)7-8(5-14)10(11,12)13/h8-9,15H,2-4,6-7H2,1H3. The monoisotopic (exact) mass is 235 g/mol. The van der Waals surface area contributed by atoms with Crippen molar-refractivity contribution in [3.8, 4) is 6.07 Å². The van der Waals surface area contributed by atoms with Crippen LogP contribution in [0, 0.1) is 17.2 Å². The van der Waals surface area contributed by atoms with Crippen molar-refractivity contribution < 1.29 is 13.2 Å². The molecule has 3 nitrogen and oxygen atoms in total. The summed E-state index contributed by atoms with van der Waals surface area (Å²) in [7, 11) is 1.65. The highest BCUT2D eigenvalue weighted by Gasteiger charge is 2.41. The van der Waals surface area contributed by atoms with Gasteiger partial charge in [-0.1, -0.05) is 0 Å². The Morgan fingerprint density at radius 1 is 1.56 bits per heavy atom. The second-order valence-corrected chi connectivity index (χ2v) is 4.16. The summed E-state index contributed by atoms with van der Waals surface area (Å²) in [5.41, 5.74) is 0. The van der Waals surface area contributed by atoms with Crippen molar-refractivity contribution in [3.05, 3.63) is 0 Å². The number of alkyl halides is 3. The lowest BCUT2D eigenvalue weighted by atomic mass is 10.0. The third-order valence-corrected chi connectivity index (χ3v) is 2.92. The maximum Gasteiger partial charge on any atom is 0.405 e. The largest absolute Gasteiger partial charge is 0.405 e. The molecule has 1 aliphatic rings. The molecule has 1 aliphatic heterocycles. The lowest BCUT2D eigenvalue weighted by molar-refractivity contribution is -0.163. The fourth-order valence-electron chi connectivity index (χ4n) is 1.86. The quantitative estimate of drug-likeness (QED) is 0.803. The molecule has 0 radical (unpaired) electrons. The highest BCUT2D eigenvalue weighted by atomic mass is 19.4. The van der Waals surface area contributed by atoms with E-state index in [-0.39, 0.29) is 12.6 Å². The number of nitrogens with one attached hydrogen (secondary N) is 1. The molecule has 92 valence electrons. The molecule has 0 aromatic rings. The van der Waals surface area contributed by atoms with E-state index in [2.05, 4.69) is 5.32 Å². The average Bonchev–Trinajstić information content (AvgIpc) is 2.25. The highest BCUT2D eigenvalue weighted by Crippen LogP contribution is 2.26. The molecule has 0 bridgehead atoms. The number of nitriles is 1. The van der Waals surface area contributed by atoms with Gasteiger partial charge >= 0.3 is 6.18 Å². The molecular formula is C10H16F3N3. The van der Waals surface area contributed by atoms with Gasteiger partial charge < -0.3 is 10.2 Å². The molecule has 0 aromatic heterocycles. The Bertz CT molecular complexity index is 253. The second kappa shape index (κ2) is 5.51. The molecule has 2 unspecified atom stereocenters. The van der Waals surface area contributed by atoms with Gasteiger partial charge in [0.25, 0.3) is 0 Å². The molecule has 0 saturated carbocycles. The number of likely N-dealkylation sites (N-methyl/N-ethyl adjacent to an activating group) is 1. The van der Waals surface area contributed by atoms with E-state index in [0.29, 0.717) is 6.54 Å². The van der Waals surface area contributed by atoms with Gasteiger partial charge in [-0.25, -0.2) is 0 Å². The van der Waals surface area contributed by atoms with E-state index in [1.165, 1.54) is 6.07 Å². The number of hydrogen-bond donors (Lipinski definition) is 1. The zero-order valence-corrected chi connectivity index (χ0v) is 9.22. The minimum Gasteiger partial charge on any atom is -0.315 e. The number of rotatable bonds is 3. The van der Waals surface area contributed by atoms with E-state index < -0.39 is 12.1 Å². The molecule has 0 aromatic carbocycles. The Balaban J connectivity index is 2.48. The van der Waals surface area contributed by atoms with Crippen molar-refractivity contribution in [2.75, 3.05) is 26.7 Å². The number of nitrogens with zero attached hydrogens (tertiary/aromatic N) is 2. The summed E-state index contributed by atoms with van der Waals surface area (Å²) < 4.78 is 37.1. The molecule has 1 rings (SSSR count). The number of piperidine rings is 1. The normalized spacial score (nSPS) is 24.1. The van der Waals surface area contributed by atoms with Crippen LogP contribution in [0.2, 0.25) is 0 Å². The molecule has 1 N–H and O–H groups in total. The van der Waals surface area contributed by atoms with Gasteiger partial charge in [-0.3, -0.25) is 0 Å². The molecular weight excluding hydrogens is 219 g/mol. The van der Waals surface area contributed by atoms with Gasteiger partial charge in [0.15, 0.2) is 5.92 Å². The maximum atomic E-state index is 12.4. The molecule has 0 amide bonds. The van der Waals surface area contributed by atoms with Crippen molar-refractivity contribution in [1.82, 2.24) is 10.2 Å². The van der Waals surface area contributed by atoms with Crippen molar-refractivity contribution in [2.45, 2.75) is 25.1 Å². The van der Waals surface area contributed by atoms with Crippen LogP contribution in [0.3, 0.4) is 0 Å². The molecule has 2 atom stereocenters. The Labute approximate surface area is 93.2 Å². The lowest BCUT2D eigenvalue weighted by Gasteiger charge is -2.33. The van der Waals surface area contributed by atoms with Gasteiger partial charge in [0.1, 0.15) is 0 Å². The van der Waals surface area contributed by atoms with Crippen LogP contribution in [-0.4, -0.2) is 43.8 Å². The first kappa shape index (κ1) is 13.3. The van der Waals surface area contributed by atoms with Crippen LogP contribution in [0.5, 0.6) is 0 Å². The van der Waals surface area contributed by atoms with Crippen LogP contribution in [0.25, 0.3) is 0 Å². The van der Waals surface area contributed by atoms with Crippen molar-refractivity contribution in [1.29, 1.82) is 5.26 Å². The molecule has 1 saturated heterocycles. The van der Waals surface area contributed by atoms with Crippen molar-refractivity contribution >= 4 is 0 Å². The summed E-state index contributed by atoms with van der Waals surface area (Å²) in [5.74, 6) is -1.89. The van der Waals surface area contributed by atoms with Crippen LogP contribution >= 0.6 is 0 Å². The van der Waals surface area contributed by atoms with Gasteiger partial charge in [-0.05, 0) is 26.4 Å². The lowest BCUT2D eigenvalue weighted by Crippen LogP contribution is -2.47. The molecule has 1 fully saturated rings. The van der Waals surface area contributed by atoms with E-state index in [1.54, 1.807) is 11.9 Å². The average molecular weight is 235 g/mol. The van der Waals surface area contributed by atoms with Gasteiger partial charge in [0, 0.05) is 19.1 Å². The summed E-state index contributed by atoms with van der Waals surface area (Å²) in [6, 6.07) is 1.43. The fraction of sp³-hybridized carbons (Fsp3) is 0.900. The minimum atomic E-state index is -4.43. The number of hydrogen-bond acceptors (Lipinski definition) is 3. The summed E-state index contributed by atoms with van der Waals surface area (Å²) in [6.07, 6.45) is -2.57. The van der Waals surface area contributed by atoms with Gasteiger partial charge in [-0.15, -0.1) is 0 Å². The smallest absolute Gasteiger partial charge is 0.315 e. The summed E-state index contributed by atoms with van der Waals surface area (Å²) in [5, 5.41) is 11.6.